The number of carbonyl (C=O) groups is 2. The topological polar surface area (TPSA) is 75.0 Å². The standard InChI is InChI=1S/C18H16O6/c1-3-21-18(20)11(2)23-13-6-7-14-15(10-13)24-16(17(14)19)9-12-5-4-8-22-12/h4-11H,3H2,1-2H3/b16-9+/t11-/m0/s1. The minimum absolute atomic E-state index is 0.176. The van der Waals surface area contributed by atoms with Gasteiger partial charge in [0.25, 0.3) is 0 Å². The molecule has 2 heterocycles. The molecule has 0 aliphatic carbocycles. The highest BCUT2D eigenvalue weighted by atomic mass is 16.6. The Kier molecular flexibility index (Phi) is 4.37. The number of fused-ring (bicyclic) bond motifs is 1. The summed E-state index contributed by atoms with van der Waals surface area (Å²) in [6, 6.07) is 8.25. The fourth-order valence-corrected chi connectivity index (χ4v) is 2.25. The van der Waals surface area contributed by atoms with Crippen molar-refractivity contribution in [2.24, 2.45) is 0 Å². The van der Waals surface area contributed by atoms with Crippen molar-refractivity contribution in [2.75, 3.05) is 6.61 Å². The highest BCUT2D eigenvalue weighted by Crippen LogP contribution is 2.35. The number of carbonyl (C=O) groups excluding carboxylic acids is 2. The molecule has 1 aromatic carbocycles. The van der Waals surface area contributed by atoms with E-state index >= 15 is 0 Å². The van der Waals surface area contributed by atoms with Gasteiger partial charge in [-0.3, -0.25) is 4.79 Å². The fraction of sp³-hybridized carbons (Fsp3) is 0.222. The monoisotopic (exact) mass is 328 g/mol. The Labute approximate surface area is 138 Å². The Morgan fingerprint density at radius 3 is 2.88 bits per heavy atom. The van der Waals surface area contributed by atoms with Crippen molar-refractivity contribution in [3.05, 3.63) is 53.7 Å². The number of hydrogen-bond acceptors (Lipinski definition) is 6. The van der Waals surface area contributed by atoms with E-state index in [2.05, 4.69) is 0 Å². The molecule has 2 aromatic rings. The number of Topliss-reactive ketones (excluding diaryl/α,β-unsaturated/α-hetero) is 1. The van der Waals surface area contributed by atoms with Crippen LogP contribution in [0.25, 0.3) is 6.08 Å². The molecule has 0 fully saturated rings. The van der Waals surface area contributed by atoms with E-state index in [9.17, 15) is 9.59 Å². The van der Waals surface area contributed by atoms with Gasteiger partial charge in [0, 0.05) is 12.1 Å². The van der Waals surface area contributed by atoms with Crippen LogP contribution in [0.1, 0.15) is 30.0 Å². The van der Waals surface area contributed by atoms with E-state index in [0.717, 1.165) is 0 Å². The van der Waals surface area contributed by atoms with E-state index in [0.29, 0.717) is 22.8 Å². The SMILES string of the molecule is CCOC(=O)[C@H](C)Oc1ccc2c(c1)O/C(=C/c1ccco1)C2=O. The van der Waals surface area contributed by atoms with Crippen molar-refractivity contribution in [3.63, 3.8) is 0 Å². The Hall–Kier alpha value is -3.02. The second kappa shape index (κ2) is 6.62. The normalized spacial score (nSPS) is 15.8. The molecular formula is C18H16O6. The van der Waals surface area contributed by atoms with E-state index in [-0.39, 0.29) is 18.1 Å². The molecule has 1 atom stereocenters. The van der Waals surface area contributed by atoms with Crippen molar-refractivity contribution in [1.29, 1.82) is 0 Å². The Morgan fingerprint density at radius 2 is 2.17 bits per heavy atom. The first kappa shape index (κ1) is 15.9. The van der Waals surface area contributed by atoms with E-state index in [4.69, 9.17) is 18.6 Å². The van der Waals surface area contributed by atoms with Gasteiger partial charge >= 0.3 is 5.97 Å². The predicted octanol–water partition coefficient (Wildman–Crippen LogP) is 3.23. The summed E-state index contributed by atoms with van der Waals surface area (Å²) in [5.74, 6) is 0.821. The van der Waals surface area contributed by atoms with Crippen LogP contribution in [0.15, 0.2) is 46.8 Å². The summed E-state index contributed by atoms with van der Waals surface area (Å²) in [5.41, 5.74) is 0.434. The summed E-state index contributed by atoms with van der Waals surface area (Å²) in [6.07, 6.45) is 2.30. The maximum Gasteiger partial charge on any atom is 0.347 e. The zero-order chi connectivity index (χ0) is 17.1. The van der Waals surface area contributed by atoms with Gasteiger partial charge in [-0.1, -0.05) is 0 Å². The minimum atomic E-state index is -0.752. The van der Waals surface area contributed by atoms with Gasteiger partial charge in [-0.05, 0) is 38.1 Å². The molecule has 1 aliphatic rings. The molecule has 0 unspecified atom stereocenters. The van der Waals surface area contributed by atoms with Gasteiger partial charge in [0.1, 0.15) is 17.3 Å². The number of esters is 1. The number of furan rings is 1. The number of rotatable bonds is 5. The lowest BCUT2D eigenvalue weighted by Crippen LogP contribution is -2.26. The second-order valence-electron chi connectivity index (χ2n) is 5.13. The molecule has 6 nitrogen and oxygen atoms in total. The quantitative estimate of drug-likeness (QED) is 0.619. The molecule has 1 aromatic heterocycles. The molecule has 124 valence electrons. The third kappa shape index (κ3) is 3.17. The smallest absolute Gasteiger partial charge is 0.347 e. The van der Waals surface area contributed by atoms with E-state index in [1.54, 1.807) is 44.2 Å². The summed E-state index contributed by atoms with van der Waals surface area (Å²) in [5, 5.41) is 0. The zero-order valence-corrected chi connectivity index (χ0v) is 13.3. The van der Waals surface area contributed by atoms with Crippen molar-refractivity contribution in [1.82, 2.24) is 0 Å². The Balaban J connectivity index is 1.77. The summed E-state index contributed by atoms with van der Waals surface area (Å²) < 4.78 is 21.2. The second-order valence-corrected chi connectivity index (χ2v) is 5.13. The van der Waals surface area contributed by atoms with E-state index in [1.165, 1.54) is 12.3 Å². The van der Waals surface area contributed by atoms with Crippen molar-refractivity contribution >= 4 is 17.8 Å². The van der Waals surface area contributed by atoms with Gasteiger partial charge < -0.3 is 18.6 Å². The first-order valence-electron chi connectivity index (χ1n) is 7.53. The predicted molar refractivity (Wildman–Crippen MR) is 84.8 cm³/mol. The zero-order valence-electron chi connectivity index (χ0n) is 13.3. The number of benzene rings is 1. The molecule has 0 N–H and O–H groups in total. The van der Waals surface area contributed by atoms with E-state index in [1.807, 2.05) is 0 Å². The molecule has 0 radical (unpaired) electrons. The van der Waals surface area contributed by atoms with Crippen LogP contribution < -0.4 is 9.47 Å². The Morgan fingerprint density at radius 1 is 1.33 bits per heavy atom. The number of ketones is 1. The molecule has 0 amide bonds. The highest BCUT2D eigenvalue weighted by molar-refractivity contribution is 6.14. The minimum Gasteiger partial charge on any atom is -0.479 e. The molecule has 0 saturated carbocycles. The molecule has 3 rings (SSSR count). The van der Waals surface area contributed by atoms with Crippen LogP contribution >= 0.6 is 0 Å². The van der Waals surface area contributed by atoms with Crippen LogP contribution in [-0.2, 0) is 9.53 Å². The van der Waals surface area contributed by atoms with Crippen LogP contribution in [0.3, 0.4) is 0 Å². The molecule has 24 heavy (non-hydrogen) atoms. The van der Waals surface area contributed by atoms with Crippen LogP contribution in [-0.4, -0.2) is 24.5 Å². The number of hydrogen-bond donors (Lipinski definition) is 0. The third-order valence-corrected chi connectivity index (χ3v) is 3.39. The van der Waals surface area contributed by atoms with Crippen molar-refractivity contribution in [3.8, 4) is 11.5 Å². The van der Waals surface area contributed by atoms with Gasteiger partial charge in [-0.2, -0.15) is 0 Å². The van der Waals surface area contributed by atoms with Crippen molar-refractivity contribution in [2.45, 2.75) is 20.0 Å². The summed E-state index contributed by atoms with van der Waals surface area (Å²) >= 11 is 0. The summed E-state index contributed by atoms with van der Waals surface area (Å²) in [6.45, 7) is 3.61. The van der Waals surface area contributed by atoms with Gasteiger partial charge in [0.15, 0.2) is 11.9 Å². The lowest BCUT2D eigenvalue weighted by molar-refractivity contribution is -0.150. The first-order valence-corrected chi connectivity index (χ1v) is 7.53. The summed E-state index contributed by atoms with van der Waals surface area (Å²) in [7, 11) is 0. The van der Waals surface area contributed by atoms with Crippen LogP contribution in [0.5, 0.6) is 11.5 Å². The van der Waals surface area contributed by atoms with Crippen LogP contribution in [0, 0.1) is 0 Å². The molecule has 0 spiro atoms. The van der Waals surface area contributed by atoms with Gasteiger partial charge in [0.05, 0.1) is 18.4 Å². The number of ether oxygens (including phenoxy) is 3. The average Bonchev–Trinajstić information content (AvgIpc) is 3.17. The third-order valence-electron chi connectivity index (χ3n) is 3.39. The molecule has 6 heteroatoms. The van der Waals surface area contributed by atoms with Gasteiger partial charge in [0.2, 0.25) is 5.78 Å². The number of allylic oxidation sites excluding steroid dienone is 1. The lowest BCUT2D eigenvalue weighted by Gasteiger charge is -2.13. The molecule has 0 bridgehead atoms. The van der Waals surface area contributed by atoms with Gasteiger partial charge in [-0.25, -0.2) is 4.79 Å². The maximum atomic E-state index is 12.3. The largest absolute Gasteiger partial charge is 0.479 e. The summed E-state index contributed by atoms with van der Waals surface area (Å²) in [4.78, 5) is 23.9. The van der Waals surface area contributed by atoms with Crippen LogP contribution in [0.4, 0.5) is 0 Å². The lowest BCUT2D eigenvalue weighted by atomic mass is 10.1. The first-order chi connectivity index (χ1) is 11.6. The molecule has 1 aliphatic heterocycles. The van der Waals surface area contributed by atoms with Gasteiger partial charge in [-0.15, -0.1) is 0 Å². The maximum absolute atomic E-state index is 12.3. The molecule has 0 saturated heterocycles. The molecular weight excluding hydrogens is 312 g/mol. The highest BCUT2D eigenvalue weighted by Gasteiger charge is 2.28. The van der Waals surface area contributed by atoms with Crippen LogP contribution in [0.2, 0.25) is 0 Å². The fourth-order valence-electron chi connectivity index (χ4n) is 2.25. The average molecular weight is 328 g/mol. The van der Waals surface area contributed by atoms with Crippen molar-refractivity contribution < 1.29 is 28.2 Å². The van der Waals surface area contributed by atoms with E-state index < -0.39 is 12.1 Å². The Bertz CT molecular complexity index is 788.